The molecule has 94 valence electrons. The summed E-state index contributed by atoms with van der Waals surface area (Å²) in [5.41, 5.74) is 6.62. The van der Waals surface area contributed by atoms with Crippen LogP contribution in [0.15, 0.2) is 0 Å². The van der Waals surface area contributed by atoms with Crippen molar-refractivity contribution in [3.05, 3.63) is 0 Å². The maximum absolute atomic E-state index is 11.5. The van der Waals surface area contributed by atoms with Crippen LogP contribution in [-0.2, 0) is 9.84 Å². The van der Waals surface area contributed by atoms with E-state index in [4.69, 9.17) is 5.73 Å². The van der Waals surface area contributed by atoms with Crippen LogP contribution in [0.3, 0.4) is 0 Å². The van der Waals surface area contributed by atoms with E-state index in [0.29, 0.717) is 16.9 Å². The quantitative estimate of drug-likeness (QED) is 0.765. The summed E-state index contributed by atoms with van der Waals surface area (Å²) >= 11 is 0. The molecular weight excluding hydrogens is 222 g/mol. The summed E-state index contributed by atoms with van der Waals surface area (Å²) in [7, 11) is -2.79. The third-order valence-corrected chi connectivity index (χ3v) is 6.35. The summed E-state index contributed by atoms with van der Waals surface area (Å²) in [5, 5.41) is 0. The van der Waals surface area contributed by atoms with E-state index in [1.54, 1.807) is 0 Å². The van der Waals surface area contributed by atoms with Crippen LogP contribution in [0.5, 0.6) is 0 Å². The van der Waals surface area contributed by atoms with Crippen molar-refractivity contribution in [1.82, 2.24) is 0 Å². The van der Waals surface area contributed by atoms with E-state index in [1.165, 1.54) is 0 Å². The number of hydrogen-bond acceptors (Lipinski definition) is 3. The molecule has 1 saturated carbocycles. The number of hydrogen-bond donors (Lipinski definition) is 1. The van der Waals surface area contributed by atoms with Gasteiger partial charge in [-0.25, -0.2) is 8.42 Å². The zero-order valence-corrected chi connectivity index (χ0v) is 11.1. The molecule has 2 aliphatic rings. The summed E-state index contributed by atoms with van der Waals surface area (Å²) in [5.74, 6) is 0.873. The van der Waals surface area contributed by atoms with Gasteiger partial charge in [0.2, 0.25) is 0 Å². The lowest BCUT2D eigenvalue weighted by molar-refractivity contribution is 0.126. The Morgan fingerprint density at radius 2 is 1.69 bits per heavy atom. The van der Waals surface area contributed by atoms with Gasteiger partial charge in [0.05, 0.1) is 11.5 Å². The first-order valence-electron chi connectivity index (χ1n) is 6.22. The van der Waals surface area contributed by atoms with Gasteiger partial charge >= 0.3 is 0 Å². The molecule has 0 bridgehead atoms. The van der Waals surface area contributed by atoms with E-state index in [1.807, 2.05) is 0 Å². The Hall–Kier alpha value is -0.0900. The minimum Gasteiger partial charge on any atom is -0.325 e. The lowest BCUT2D eigenvalue weighted by Gasteiger charge is -2.44. The molecule has 0 aromatic carbocycles. The van der Waals surface area contributed by atoms with Crippen LogP contribution in [-0.4, -0.2) is 25.5 Å². The maximum Gasteiger partial charge on any atom is 0.150 e. The Kier molecular flexibility index (Phi) is 2.86. The maximum atomic E-state index is 11.5. The second-order valence-electron chi connectivity index (χ2n) is 6.50. The van der Waals surface area contributed by atoms with Crippen molar-refractivity contribution in [3.8, 4) is 0 Å². The Morgan fingerprint density at radius 1 is 1.12 bits per heavy atom. The molecule has 1 saturated heterocycles. The molecule has 1 aliphatic carbocycles. The molecule has 2 rings (SSSR count). The second-order valence-corrected chi connectivity index (χ2v) is 8.73. The predicted molar refractivity (Wildman–Crippen MR) is 65.9 cm³/mol. The monoisotopic (exact) mass is 245 g/mol. The number of rotatable bonds is 1. The molecule has 2 N–H and O–H groups in total. The van der Waals surface area contributed by atoms with Gasteiger partial charge in [-0.15, -0.1) is 0 Å². The average molecular weight is 245 g/mol. The zero-order valence-electron chi connectivity index (χ0n) is 10.3. The van der Waals surface area contributed by atoms with Crippen molar-refractivity contribution in [1.29, 1.82) is 0 Å². The van der Waals surface area contributed by atoms with Crippen LogP contribution in [0.25, 0.3) is 0 Å². The van der Waals surface area contributed by atoms with Gasteiger partial charge in [0.25, 0.3) is 0 Å². The lowest BCUT2D eigenvalue weighted by atomic mass is 9.65. The molecule has 1 heterocycles. The van der Waals surface area contributed by atoms with E-state index < -0.39 is 9.84 Å². The molecule has 16 heavy (non-hydrogen) atoms. The van der Waals surface area contributed by atoms with Crippen LogP contribution in [0.1, 0.15) is 46.0 Å². The van der Waals surface area contributed by atoms with Gasteiger partial charge in [-0.05, 0) is 43.4 Å². The van der Waals surface area contributed by atoms with Gasteiger partial charge in [0.1, 0.15) is 0 Å². The first-order chi connectivity index (χ1) is 7.23. The van der Waals surface area contributed by atoms with E-state index in [-0.39, 0.29) is 11.5 Å². The van der Waals surface area contributed by atoms with Gasteiger partial charge in [0.15, 0.2) is 9.84 Å². The van der Waals surface area contributed by atoms with Gasteiger partial charge in [-0.2, -0.15) is 0 Å². The molecule has 4 heteroatoms. The van der Waals surface area contributed by atoms with Crippen LogP contribution in [0.2, 0.25) is 0 Å². The van der Waals surface area contributed by atoms with Crippen molar-refractivity contribution >= 4 is 9.84 Å². The molecule has 0 aromatic heterocycles. The highest BCUT2D eigenvalue weighted by Crippen LogP contribution is 2.44. The average Bonchev–Trinajstić information content (AvgIpc) is 2.53. The Labute approximate surface area is 98.7 Å². The molecule has 0 spiro atoms. The fourth-order valence-electron chi connectivity index (χ4n) is 3.05. The van der Waals surface area contributed by atoms with Gasteiger partial charge < -0.3 is 5.73 Å². The van der Waals surface area contributed by atoms with E-state index in [9.17, 15) is 8.42 Å². The zero-order chi connectivity index (χ0) is 12.0. The van der Waals surface area contributed by atoms with Crippen molar-refractivity contribution in [2.24, 2.45) is 17.1 Å². The van der Waals surface area contributed by atoms with Crippen LogP contribution >= 0.6 is 0 Å². The minimum absolute atomic E-state index is 0.202. The van der Waals surface area contributed by atoms with Crippen LogP contribution in [0, 0.1) is 11.3 Å². The molecule has 0 amide bonds. The molecular formula is C12H23NO2S. The van der Waals surface area contributed by atoms with E-state index >= 15 is 0 Å². The fourth-order valence-corrected chi connectivity index (χ4v) is 4.97. The first-order valence-corrected chi connectivity index (χ1v) is 8.04. The van der Waals surface area contributed by atoms with Crippen molar-refractivity contribution in [3.63, 3.8) is 0 Å². The van der Waals surface area contributed by atoms with Crippen LogP contribution in [0.4, 0.5) is 0 Å². The van der Waals surface area contributed by atoms with Gasteiger partial charge in [-0.3, -0.25) is 0 Å². The standard InChI is InChI=1S/C12H23NO2S/c1-11(2)4-6-12(13,7-5-11)10-3-8-16(14,15)9-10/h10H,3-9,13H2,1-2H3. The molecule has 0 aromatic rings. The van der Waals surface area contributed by atoms with E-state index in [2.05, 4.69) is 13.8 Å². The Bertz CT molecular complexity index is 362. The Morgan fingerprint density at radius 3 is 2.12 bits per heavy atom. The predicted octanol–water partition coefficient (Wildman–Crippen LogP) is 1.72. The number of nitrogens with two attached hydrogens (primary N) is 1. The summed E-state index contributed by atoms with van der Waals surface area (Å²) < 4.78 is 23.0. The largest absolute Gasteiger partial charge is 0.325 e. The summed E-state index contributed by atoms with van der Waals surface area (Å²) in [6.07, 6.45) is 5.00. The summed E-state index contributed by atoms with van der Waals surface area (Å²) in [4.78, 5) is 0. The molecule has 2 fully saturated rings. The third-order valence-electron chi connectivity index (χ3n) is 4.58. The minimum atomic E-state index is -2.79. The molecule has 1 atom stereocenters. The molecule has 0 radical (unpaired) electrons. The SMILES string of the molecule is CC1(C)CCC(N)(C2CCS(=O)(=O)C2)CC1. The van der Waals surface area contributed by atoms with Crippen molar-refractivity contribution < 1.29 is 8.42 Å². The third kappa shape index (κ3) is 2.43. The normalized spacial score (nSPS) is 36.1. The highest BCUT2D eigenvalue weighted by molar-refractivity contribution is 7.91. The van der Waals surface area contributed by atoms with Crippen molar-refractivity contribution in [2.45, 2.75) is 51.5 Å². The summed E-state index contributed by atoms with van der Waals surface area (Å²) in [6.45, 7) is 4.55. The first kappa shape index (κ1) is 12.4. The van der Waals surface area contributed by atoms with Gasteiger partial charge in [0, 0.05) is 5.54 Å². The summed E-state index contributed by atoms with van der Waals surface area (Å²) in [6, 6.07) is 0. The fraction of sp³-hybridized carbons (Fsp3) is 1.00. The van der Waals surface area contributed by atoms with Crippen molar-refractivity contribution in [2.75, 3.05) is 11.5 Å². The Balaban J connectivity index is 2.05. The molecule has 1 unspecified atom stereocenters. The van der Waals surface area contributed by atoms with Crippen LogP contribution < -0.4 is 5.73 Å². The smallest absolute Gasteiger partial charge is 0.150 e. The lowest BCUT2D eigenvalue weighted by Crippen LogP contribution is -2.51. The highest BCUT2D eigenvalue weighted by Gasteiger charge is 2.45. The van der Waals surface area contributed by atoms with Gasteiger partial charge in [-0.1, -0.05) is 13.8 Å². The molecule has 1 aliphatic heterocycles. The topological polar surface area (TPSA) is 60.2 Å². The van der Waals surface area contributed by atoms with E-state index in [0.717, 1.165) is 32.1 Å². The second kappa shape index (κ2) is 3.70. The molecule has 3 nitrogen and oxygen atoms in total. The highest BCUT2D eigenvalue weighted by atomic mass is 32.2. The number of sulfone groups is 1.